The minimum absolute atomic E-state index is 0.0135. The molecule has 94 valence electrons. The maximum Gasteiger partial charge on any atom is 0.275 e. The molecule has 3 N–H and O–H groups in total. The molecule has 1 aromatic heterocycles. The van der Waals surface area contributed by atoms with Crippen molar-refractivity contribution < 1.29 is 4.79 Å². The maximum absolute atomic E-state index is 12.5. The van der Waals surface area contributed by atoms with Crippen LogP contribution in [0.5, 0.6) is 0 Å². The lowest BCUT2D eigenvalue weighted by molar-refractivity contribution is 0.0737. The Labute approximate surface area is 105 Å². The Balaban J connectivity index is 1.97. The van der Waals surface area contributed by atoms with Crippen molar-refractivity contribution in [3.63, 3.8) is 0 Å². The molecule has 5 nitrogen and oxygen atoms in total. The van der Waals surface area contributed by atoms with E-state index in [0.29, 0.717) is 12.2 Å². The van der Waals surface area contributed by atoms with Gasteiger partial charge in [0.15, 0.2) is 5.69 Å². The third-order valence-electron chi connectivity index (χ3n) is 3.58. The fourth-order valence-corrected chi connectivity index (χ4v) is 2.61. The number of H-pyrrole nitrogens is 1. The van der Waals surface area contributed by atoms with Gasteiger partial charge in [-0.15, -0.1) is 0 Å². The van der Waals surface area contributed by atoms with E-state index in [4.69, 9.17) is 5.73 Å². The average molecular weight is 244 g/mol. The molecule has 5 heteroatoms. The van der Waals surface area contributed by atoms with E-state index in [0.717, 1.165) is 30.3 Å². The molecular formula is C13H16N4O. The molecule has 1 atom stereocenters. The van der Waals surface area contributed by atoms with Crippen LogP contribution < -0.4 is 5.73 Å². The first-order chi connectivity index (χ1) is 8.81. The minimum atomic E-state index is -0.0135. The van der Waals surface area contributed by atoms with Gasteiger partial charge in [-0.25, -0.2) is 0 Å². The van der Waals surface area contributed by atoms with Crippen LogP contribution in [0.25, 0.3) is 10.9 Å². The molecule has 0 spiro atoms. The summed E-state index contributed by atoms with van der Waals surface area (Å²) in [5.74, 6) is -0.0135. The molecule has 2 aromatic rings. The zero-order chi connectivity index (χ0) is 12.5. The molecule has 1 saturated heterocycles. The minimum Gasteiger partial charge on any atom is -0.333 e. The highest BCUT2D eigenvalue weighted by molar-refractivity contribution is 6.04. The summed E-state index contributed by atoms with van der Waals surface area (Å²) < 4.78 is 0. The van der Waals surface area contributed by atoms with Gasteiger partial charge in [0.1, 0.15) is 0 Å². The van der Waals surface area contributed by atoms with Gasteiger partial charge in [-0.2, -0.15) is 5.10 Å². The van der Waals surface area contributed by atoms with E-state index in [-0.39, 0.29) is 11.9 Å². The van der Waals surface area contributed by atoms with Crippen molar-refractivity contribution in [1.29, 1.82) is 0 Å². The summed E-state index contributed by atoms with van der Waals surface area (Å²) in [4.78, 5) is 14.3. The standard InChI is InChI=1S/C13H16N4O/c14-8-9-4-3-7-17(9)13(18)12-10-5-1-2-6-11(10)15-16-12/h1-2,5-6,9H,3-4,7-8,14H2,(H,15,16). The molecule has 18 heavy (non-hydrogen) atoms. The van der Waals surface area contributed by atoms with Crippen molar-refractivity contribution in [3.8, 4) is 0 Å². The second kappa shape index (κ2) is 4.42. The van der Waals surface area contributed by atoms with Gasteiger partial charge in [0.25, 0.3) is 5.91 Å². The first kappa shape index (κ1) is 11.2. The van der Waals surface area contributed by atoms with Gasteiger partial charge in [-0.1, -0.05) is 18.2 Å². The van der Waals surface area contributed by atoms with Crippen LogP contribution in [0.3, 0.4) is 0 Å². The summed E-state index contributed by atoms with van der Waals surface area (Å²) in [6.07, 6.45) is 2.01. The zero-order valence-corrected chi connectivity index (χ0v) is 10.1. The molecule has 0 aliphatic carbocycles. The van der Waals surface area contributed by atoms with Crippen molar-refractivity contribution in [2.75, 3.05) is 13.1 Å². The number of aromatic nitrogens is 2. The third kappa shape index (κ3) is 1.67. The Morgan fingerprint density at radius 2 is 2.33 bits per heavy atom. The van der Waals surface area contributed by atoms with Gasteiger partial charge in [0, 0.05) is 24.5 Å². The first-order valence-corrected chi connectivity index (χ1v) is 6.25. The number of amides is 1. The molecular weight excluding hydrogens is 228 g/mol. The van der Waals surface area contributed by atoms with Gasteiger partial charge in [0.05, 0.1) is 5.52 Å². The van der Waals surface area contributed by atoms with Crippen LogP contribution in [0.1, 0.15) is 23.3 Å². The molecule has 1 aliphatic heterocycles. The number of hydrogen-bond donors (Lipinski definition) is 2. The number of benzene rings is 1. The Morgan fingerprint density at radius 1 is 1.50 bits per heavy atom. The smallest absolute Gasteiger partial charge is 0.275 e. The van der Waals surface area contributed by atoms with Gasteiger partial charge in [-0.05, 0) is 18.9 Å². The number of carbonyl (C=O) groups excluding carboxylic acids is 1. The number of nitrogens with zero attached hydrogens (tertiary/aromatic N) is 2. The van der Waals surface area contributed by atoms with Crippen LogP contribution in [0.4, 0.5) is 0 Å². The van der Waals surface area contributed by atoms with Gasteiger partial charge >= 0.3 is 0 Å². The van der Waals surface area contributed by atoms with E-state index in [9.17, 15) is 4.79 Å². The fraction of sp³-hybridized carbons (Fsp3) is 0.385. The Morgan fingerprint density at radius 3 is 3.17 bits per heavy atom. The van der Waals surface area contributed by atoms with E-state index in [1.807, 2.05) is 29.2 Å². The number of carbonyl (C=O) groups is 1. The van der Waals surface area contributed by atoms with Crippen LogP contribution in [0.2, 0.25) is 0 Å². The molecule has 1 aliphatic rings. The van der Waals surface area contributed by atoms with E-state index in [1.165, 1.54) is 0 Å². The number of fused-ring (bicyclic) bond motifs is 1. The highest BCUT2D eigenvalue weighted by atomic mass is 16.2. The predicted molar refractivity (Wildman–Crippen MR) is 69.2 cm³/mol. The number of likely N-dealkylation sites (tertiary alicyclic amines) is 1. The number of rotatable bonds is 2. The van der Waals surface area contributed by atoms with E-state index >= 15 is 0 Å². The predicted octanol–water partition coefficient (Wildman–Crippen LogP) is 1.13. The number of nitrogens with two attached hydrogens (primary N) is 1. The summed E-state index contributed by atoms with van der Waals surface area (Å²) in [7, 11) is 0. The third-order valence-corrected chi connectivity index (χ3v) is 3.58. The van der Waals surface area contributed by atoms with Crippen LogP contribution in [0.15, 0.2) is 24.3 Å². The molecule has 1 aromatic carbocycles. The molecule has 1 amide bonds. The molecule has 1 unspecified atom stereocenters. The second-order valence-corrected chi connectivity index (χ2v) is 4.65. The van der Waals surface area contributed by atoms with Gasteiger partial charge in [-0.3, -0.25) is 9.89 Å². The molecule has 2 heterocycles. The summed E-state index contributed by atoms with van der Waals surface area (Å²) in [5, 5.41) is 7.93. The van der Waals surface area contributed by atoms with Crippen LogP contribution >= 0.6 is 0 Å². The highest BCUT2D eigenvalue weighted by Crippen LogP contribution is 2.22. The number of nitrogens with one attached hydrogen (secondary N) is 1. The Bertz CT molecular complexity index is 577. The van der Waals surface area contributed by atoms with Crippen molar-refractivity contribution in [2.24, 2.45) is 5.73 Å². The molecule has 0 radical (unpaired) electrons. The fourth-order valence-electron chi connectivity index (χ4n) is 2.61. The van der Waals surface area contributed by atoms with Crippen LogP contribution in [0, 0.1) is 0 Å². The quantitative estimate of drug-likeness (QED) is 0.831. The topological polar surface area (TPSA) is 75.0 Å². The first-order valence-electron chi connectivity index (χ1n) is 6.25. The summed E-state index contributed by atoms with van der Waals surface area (Å²) in [5.41, 5.74) is 7.10. The molecule has 0 saturated carbocycles. The SMILES string of the molecule is NCC1CCCN1C(=O)c1n[nH]c2ccccc12. The van der Waals surface area contributed by atoms with Crippen LogP contribution in [-0.4, -0.2) is 40.1 Å². The molecule has 1 fully saturated rings. The second-order valence-electron chi connectivity index (χ2n) is 4.65. The Hall–Kier alpha value is -1.88. The molecule has 0 bridgehead atoms. The monoisotopic (exact) mass is 244 g/mol. The maximum atomic E-state index is 12.5. The number of para-hydroxylation sites is 1. The van der Waals surface area contributed by atoms with Crippen molar-refractivity contribution in [3.05, 3.63) is 30.0 Å². The lowest BCUT2D eigenvalue weighted by Crippen LogP contribution is -2.40. The van der Waals surface area contributed by atoms with E-state index < -0.39 is 0 Å². The van der Waals surface area contributed by atoms with Crippen molar-refractivity contribution >= 4 is 16.8 Å². The number of aromatic amines is 1. The lowest BCUT2D eigenvalue weighted by Gasteiger charge is -2.22. The summed E-state index contributed by atoms with van der Waals surface area (Å²) >= 11 is 0. The lowest BCUT2D eigenvalue weighted by atomic mass is 10.2. The summed E-state index contributed by atoms with van der Waals surface area (Å²) in [6, 6.07) is 7.84. The molecule has 3 rings (SSSR count). The van der Waals surface area contributed by atoms with Crippen molar-refractivity contribution in [2.45, 2.75) is 18.9 Å². The van der Waals surface area contributed by atoms with Gasteiger partial charge in [0.2, 0.25) is 0 Å². The van der Waals surface area contributed by atoms with Crippen LogP contribution in [-0.2, 0) is 0 Å². The van der Waals surface area contributed by atoms with E-state index in [2.05, 4.69) is 10.2 Å². The summed E-state index contributed by atoms with van der Waals surface area (Å²) in [6.45, 7) is 1.30. The number of hydrogen-bond acceptors (Lipinski definition) is 3. The largest absolute Gasteiger partial charge is 0.333 e. The zero-order valence-electron chi connectivity index (χ0n) is 10.1. The van der Waals surface area contributed by atoms with Gasteiger partial charge < -0.3 is 10.6 Å². The average Bonchev–Trinajstić information content (AvgIpc) is 3.04. The normalized spacial score (nSPS) is 19.6. The highest BCUT2D eigenvalue weighted by Gasteiger charge is 2.30. The van der Waals surface area contributed by atoms with E-state index in [1.54, 1.807) is 0 Å². The van der Waals surface area contributed by atoms with Crippen molar-refractivity contribution in [1.82, 2.24) is 15.1 Å². The Kier molecular flexibility index (Phi) is 2.76.